The number of carboxylic acid groups (broad SMARTS) is 2. The summed E-state index contributed by atoms with van der Waals surface area (Å²) in [5.74, 6) is -2.37. The highest BCUT2D eigenvalue weighted by Crippen LogP contribution is 2.30. The maximum atomic E-state index is 11.5. The molecule has 0 spiro atoms. The van der Waals surface area contributed by atoms with Gasteiger partial charge in [0.15, 0.2) is 5.75 Å². The Hall–Kier alpha value is -2.57. The molecular formula is C13H13NO6. The van der Waals surface area contributed by atoms with Gasteiger partial charge in [0, 0.05) is 12.5 Å². The predicted molar refractivity (Wildman–Crippen MR) is 67.9 cm³/mol. The number of aromatic carboxylic acids is 1. The highest BCUT2D eigenvalue weighted by molar-refractivity contribution is 5.90. The third-order valence-corrected chi connectivity index (χ3v) is 2.93. The summed E-state index contributed by atoms with van der Waals surface area (Å²) in [5, 5.41) is 20.7. The fourth-order valence-electron chi connectivity index (χ4n) is 1.99. The molecule has 0 saturated heterocycles. The molecule has 0 aromatic heterocycles. The Labute approximate surface area is 114 Å². The van der Waals surface area contributed by atoms with Crippen molar-refractivity contribution in [3.63, 3.8) is 0 Å². The number of esters is 1. The molecule has 1 aliphatic rings. The molecule has 1 aromatic carbocycles. The van der Waals surface area contributed by atoms with E-state index in [0.29, 0.717) is 12.1 Å². The lowest BCUT2D eigenvalue weighted by Crippen LogP contribution is -2.27. The molecule has 0 bridgehead atoms. The average molecular weight is 279 g/mol. The van der Waals surface area contributed by atoms with E-state index in [1.54, 1.807) is 0 Å². The van der Waals surface area contributed by atoms with E-state index in [0.717, 1.165) is 0 Å². The third-order valence-electron chi connectivity index (χ3n) is 2.93. The molecule has 7 nitrogen and oxygen atoms in total. The van der Waals surface area contributed by atoms with Crippen molar-refractivity contribution in [3.05, 3.63) is 23.8 Å². The summed E-state index contributed by atoms with van der Waals surface area (Å²) >= 11 is 0. The van der Waals surface area contributed by atoms with Gasteiger partial charge in [-0.05, 0) is 24.6 Å². The first-order valence-corrected chi connectivity index (χ1v) is 6.02. The van der Waals surface area contributed by atoms with Crippen LogP contribution in [0.1, 0.15) is 29.6 Å². The van der Waals surface area contributed by atoms with Crippen LogP contribution in [0.5, 0.6) is 5.75 Å². The fourth-order valence-corrected chi connectivity index (χ4v) is 1.99. The van der Waals surface area contributed by atoms with Crippen molar-refractivity contribution in [2.75, 3.05) is 5.32 Å². The minimum absolute atomic E-state index is 0.0296. The molecule has 0 radical (unpaired) electrons. The topological polar surface area (TPSA) is 113 Å². The number of carbonyl (C=O) groups is 3. The maximum Gasteiger partial charge on any atom is 0.335 e. The van der Waals surface area contributed by atoms with E-state index >= 15 is 0 Å². The second-order valence-corrected chi connectivity index (χ2v) is 4.47. The zero-order valence-electron chi connectivity index (χ0n) is 10.5. The SMILES string of the molecule is O=C(O)C[C@@H]1CCC(=O)Oc2ccc(C(=O)O)cc2N1. The van der Waals surface area contributed by atoms with E-state index in [-0.39, 0.29) is 24.2 Å². The zero-order chi connectivity index (χ0) is 14.7. The number of carbonyl (C=O) groups excluding carboxylic acids is 1. The van der Waals surface area contributed by atoms with Crippen LogP contribution >= 0.6 is 0 Å². The first kappa shape index (κ1) is 13.9. The number of benzene rings is 1. The van der Waals surface area contributed by atoms with Crippen LogP contribution in [-0.2, 0) is 9.59 Å². The van der Waals surface area contributed by atoms with Crippen molar-refractivity contribution < 1.29 is 29.3 Å². The Morgan fingerprint density at radius 3 is 2.75 bits per heavy atom. The van der Waals surface area contributed by atoms with Crippen molar-refractivity contribution in [1.82, 2.24) is 0 Å². The van der Waals surface area contributed by atoms with Gasteiger partial charge in [0.2, 0.25) is 0 Å². The van der Waals surface area contributed by atoms with E-state index in [1.165, 1.54) is 18.2 Å². The molecule has 1 atom stereocenters. The monoisotopic (exact) mass is 279 g/mol. The third kappa shape index (κ3) is 3.25. The lowest BCUT2D eigenvalue weighted by Gasteiger charge is -2.23. The van der Waals surface area contributed by atoms with Crippen molar-refractivity contribution in [2.24, 2.45) is 0 Å². The lowest BCUT2D eigenvalue weighted by molar-refractivity contribution is -0.138. The number of nitrogens with one attached hydrogen (secondary N) is 1. The zero-order valence-corrected chi connectivity index (χ0v) is 10.5. The van der Waals surface area contributed by atoms with E-state index < -0.39 is 23.9 Å². The van der Waals surface area contributed by atoms with Gasteiger partial charge in [0.25, 0.3) is 0 Å². The van der Waals surface area contributed by atoms with Crippen LogP contribution in [0.3, 0.4) is 0 Å². The molecule has 0 aliphatic carbocycles. The number of rotatable bonds is 3. The van der Waals surface area contributed by atoms with Crippen LogP contribution in [0.4, 0.5) is 5.69 Å². The number of hydrogen-bond donors (Lipinski definition) is 3. The standard InChI is InChI=1S/C13H13NO6/c15-11(16)6-8-2-4-12(17)20-10-3-1-7(13(18)19)5-9(10)14-8/h1,3,5,8,14H,2,4,6H2,(H,15,16)(H,18,19)/t8-/m0/s1. The summed E-state index contributed by atoms with van der Waals surface area (Å²) in [6.45, 7) is 0. The van der Waals surface area contributed by atoms with Gasteiger partial charge in [0.1, 0.15) is 0 Å². The highest BCUT2D eigenvalue weighted by Gasteiger charge is 2.22. The predicted octanol–water partition coefficient (Wildman–Crippen LogP) is 1.34. The highest BCUT2D eigenvalue weighted by atomic mass is 16.5. The minimum atomic E-state index is -1.11. The van der Waals surface area contributed by atoms with Gasteiger partial charge < -0.3 is 20.3 Å². The van der Waals surface area contributed by atoms with Gasteiger partial charge in [-0.2, -0.15) is 0 Å². The molecule has 106 valence electrons. The molecule has 2 rings (SSSR count). The summed E-state index contributed by atoms with van der Waals surface area (Å²) in [6.07, 6.45) is 0.247. The molecule has 3 N–H and O–H groups in total. The first-order chi connectivity index (χ1) is 9.45. The molecule has 7 heteroatoms. The number of aliphatic carboxylic acids is 1. The van der Waals surface area contributed by atoms with Crippen LogP contribution in [0.2, 0.25) is 0 Å². The summed E-state index contributed by atoms with van der Waals surface area (Å²) in [7, 11) is 0. The number of anilines is 1. The summed E-state index contributed by atoms with van der Waals surface area (Å²) in [4.78, 5) is 33.3. The molecule has 1 aromatic rings. The van der Waals surface area contributed by atoms with Crippen LogP contribution in [-0.4, -0.2) is 34.2 Å². The molecular weight excluding hydrogens is 266 g/mol. The van der Waals surface area contributed by atoms with Crippen molar-refractivity contribution >= 4 is 23.6 Å². The van der Waals surface area contributed by atoms with Crippen molar-refractivity contribution in [3.8, 4) is 5.75 Å². The van der Waals surface area contributed by atoms with Crippen LogP contribution in [0.25, 0.3) is 0 Å². The second-order valence-electron chi connectivity index (χ2n) is 4.47. The Bertz CT molecular complexity index is 568. The number of hydrogen-bond acceptors (Lipinski definition) is 5. The Balaban J connectivity index is 2.34. The molecule has 0 unspecified atom stereocenters. The van der Waals surface area contributed by atoms with Gasteiger partial charge in [-0.1, -0.05) is 0 Å². The van der Waals surface area contributed by atoms with Gasteiger partial charge in [0.05, 0.1) is 17.7 Å². The Kier molecular flexibility index (Phi) is 3.88. The van der Waals surface area contributed by atoms with E-state index in [2.05, 4.69) is 5.32 Å². The van der Waals surface area contributed by atoms with Crippen LogP contribution in [0.15, 0.2) is 18.2 Å². The van der Waals surface area contributed by atoms with E-state index in [1.807, 2.05) is 0 Å². The number of carboxylic acids is 2. The first-order valence-electron chi connectivity index (χ1n) is 6.02. The molecule has 0 fully saturated rings. The Morgan fingerprint density at radius 2 is 2.10 bits per heavy atom. The second kappa shape index (κ2) is 5.60. The van der Waals surface area contributed by atoms with Gasteiger partial charge in [-0.3, -0.25) is 9.59 Å². The van der Waals surface area contributed by atoms with Gasteiger partial charge in [-0.15, -0.1) is 0 Å². The van der Waals surface area contributed by atoms with Gasteiger partial charge in [-0.25, -0.2) is 4.79 Å². The van der Waals surface area contributed by atoms with Crippen LogP contribution < -0.4 is 10.1 Å². The summed E-state index contributed by atoms with van der Waals surface area (Å²) < 4.78 is 5.08. The maximum absolute atomic E-state index is 11.5. The molecule has 20 heavy (non-hydrogen) atoms. The van der Waals surface area contributed by atoms with E-state index in [9.17, 15) is 14.4 Å². The number of fused-ring (bicyclic) bond motifs is 1. The van der Waals surface area contributed by atoms with Gasteiger partial charge >= 0.3 is 17.9 Å². The molecule has 1 heterocycles. The smallest absolute Gasteiger partial charge is 0.335 e. The number of ether oxygens (including phenoxy) is 1. The average Bonchev–Trinajstić information content (AvgIpc) is 2.35. The fraction of sp³-hybridized carbons (Fsp3) is 0.308. The van der Waals surface area contributed by atoms with Crippen LogP contribution in [0, 0.1) is 0 Å². The normalized spacial score (nSPS) is 18.0. The Morgan fingerprint density at radius 1 is 1.35 bits per heavy atom. The summed E-state index contributed by atoms with van der Waals surface area (Å²) in [5.41, 5.74) is 0.339. The lowest BCUT2D eigenvalue weighted by atomic mass is 10.1. The van der Waals surface area contributed by atoms with Crippen molar-refractivity contribution in [1.29, 1.82) is 0 Å². The molecule has 0 saturated carbocycles. The molecule has 0 amide bonds. The largest absolute Gasteiger partial charge is 0.481 e. The van der Waals surface area contributed by atoms with E-state index in [4.69, 9.17) is 14.9 Å². The molecule has 1 aliphatic heterocycles. The summed E-state index contributed by atoms with van der Waals surface area (Å²) in [6, 6.07) is 3.57. The van der Waals surface area contributed by atoms with Crippen molar-refractivity contribution in [2.45, 2.75) is 25.3 Å². The minimum Gasteiger partial charge on any atom is -0.481 e. The quantitative estimate of drug-likeness (QED) is 0.565.